The molecule has 8 bridgehead atoms. The van der Waals surface area contributed by atoms with Crippen LogP contribution in [0.5, 0.6) is 0 Å². The average molecular weight is 779 g/mol. The molecule has 12 nitrogen and oxygen atoms in total. The van der Waals surface area contributed by atoms with Crippen LogP contribution in [0.15, 0.2) is 0 Å². The number of aliphatic hydroxyl groups excluding tert-OH is 4. The molecule has 54 heavy (non-hydrogen) atoms. The van der Waals surface area contributed by atoms with Crippen molar-refractivity contribution >= 4 is 12.6 Å². The second kappa shape index (κ2) is 24.0. The topological polar surface area (TPSA) is 170 Å². The number of carbonyl (C=O) groups is 2. The van der Waals surface area contributed by atoms with Gasteiger partial charge in [0.2, 0.25) is 6.29 Å². The van der Waals surface area contributed by atoms with Crippen LogP contribution in [0.25, 0.3) is 0 Å². The van der Waals surface area contributed by atoms with E-state index >= 15 is 0 Å². The molecule has 5 saturated carbocycles. The summed E-state index contributed by atoms with van der Waals surface area (Å²) in [7, 11) is 5.46. The Morgan fingerprint density at radius 1 is 0.611 bits per heavy atom. The first kappa shape index (κ1) is 52.9. The highest BCUT2D eigenvalue weighted by Crippen LogP contribution is 2.67. The highest BCUT2D eigenvalue weighted by atomic mass is 16.7. The lowest BCUT2D eigenvalue weighted by Gasteiger charge is -2.65. The van der Waals surface area contributed by atoms with Crippen molar-refractivity contribution in [1.29, 1.82) is 0 Å². The van der Waals surface area contributed by atoms with Gasteiger partial charge in [0.1, 0.15) is 36.6 Å². The molecule has 0 aromatic heterocycles. The van der Waals surface area contributed by atoms with Crippen LogP contribution in [0.3, 0.4) is 0 Å². The van der Waals surface area contributed by atoms with Gasteiger partial charge in [-0.2, -0.15) is 0 Å². The average Bonchev–Trinajstić information content (AvgIpc) is 3.11. The van der Waals surface area contributed by atoms with Gasteiger partial charge < -0.3 is 53.6 Å². The summed E-state index contributed by atoms with van der Waals surface area (Å²) in [6.45, 7) is 10.5. The number of ether oxygens (including phenoxy) is 6. The monoisotopic (exact) mass is 779 g/mol. The summed E-state index contributed by atoms with van der Waals surface area (Å²) in [6, 6.07) is 0. The molecule has 6 aliphatic rings. The van der Waals surface area contributed by atoms with Gasteiger partial charge in [-0.1, -0.05) is 57.4 Å². The molecule has 0 amide bonds. The van der Waals surface area contributed by atoms with Crippen LogP contribution in [-0.2, 0) is 38.0 Å². The molecule has 6 rings (SSSR count). The third-order valence-corrected chi connectivity index (χ3v) is 13.6. The van der Waals surface area contributed by atoms with Crippen LogP contribution in [0.4, 0.5) is 0 Å². The lowest BCUT2D eigenvalue weighted by molar-refractivity contribution is -0.295. The van der Waals surface area contributed by atoms with Crippen LogP contribution in [0, 0.1) is 71.0 Å². The molecular formula is C42H82O12. The Morgan fingerprint density at radius 2 is 1.04 bits per heavy atom. The second-order valence-electron chi connectivity index (χ2n) is 16.3. The highest BCUT2D eigenvalue weighted by molar-refractivity contribution is 5.57. The number of carbonyl (C=O) groups excluding carboxylic acids is 2. The molecule has 0 radical (unpaired) electrons. The lowest BCUT2D eigenvalue weighted by Crippen LogP contribution is -2.59. The number of hydrogen-bond acceptors (Lipinski definition) is 12. The zero-order chi connectivity index (χ0) is 36.9. The zero-order valence-corrected chi connectivity index (χ0v) is 31.4. The summed E-state index contributed by atoms with van der Waals surface area (Å²) in [5.74, 6) is 13.0. The van der Waals surface area contributed by atoms with Gasteiger partial charge in [0.25, 0.3) is 0 Å². The number of hydrogen-bond donors (Lipinski definition) is 4. The van der Waals surface area contributed by atoms with Crippen molar-refractivity contribution in [2.24, 2.45) is 71.0 Å². The number of aldehydes is 2. The summed E-state index contributed by atoms with van der Waals surface area (Å²) >= 11 is 0. The standard InChI is InChI=1S/C22H36.C8H16O6.C8H14O6.4CH4/c1-11-5-12(2)16-7-15(11)19-9-21(16)22-10-20(19)17-8-18(22)14(4)6-13(17)3;1-12-3-4-5(9)6(10)7(11)8(13-2)14-4;1-12-5-7(6(11)3-9)14-8(4-10)13-2;;;;/h11-22H,5-10H2,1-4H3;4-11H,3H2,1-2H3;3-4,6-8,11H,5H2,1-2H3;4*1H4. The van der Waals surface area contributed by atoms with Gasteiger partial charge in [-0.15, -0.1) is 0 Å². The molecule has 4 N–H and O–H groups in total. The fourth-order valence-electron chi connectivity index (χ4n) is 11.3. The third-order valence-electron chi connectivity index (χ3n) is 13.6. The first-order chi connectivity index (χ1) is 23.8. The van der Waals surface area contributed by atoms with Gasteiger partial charge in [-0.05, 0) is 110 Å². The summed E-state index contributed by atoms with van der Waals surface area (Å²) in [4.78, 5) is 20.6. The van der Waals surface area contributed by atoms with Gasteiger partial charge in [-0.25, -0.2) is 0 Å². The quantitative estimate of drug-likeness (QED) is 0.122. The van der Waals surface area contributed by atoms with Crippen molar-refractivity contribution in [1.82, 2.24) is 0 Å². The molecule has 20 unspecified atom stereocenters. The van der Waals surface area contributed by atoms with Gasteiger partial charge in [0.05, 0.1) is 13.2 Å². The first-order valence-electron chi connectivity index (χ1n) is 18.8. The molecule has 0 spiro atoms. The van der Waals surface area contributed by atoms with E-state index in [1.54, 1.807) is 38.5 Å². The second-order valence-corrected chi connectivity index (χ2v) is 16.3. The molecule has 1 heterocycles. The van der Waals surface area contributed by atoms with E-state index in [4.69, 9.17) is 28.8 Å². The normalized spacial score (nSPS) is 42.7. The van der Waals surface area contributed by atoms with Gasteiger partial charge in [0.15, 0.2) is 18.9 Å². The Balaban J connectivity index is 0.000000788. The smallest absolute Gasteiger partial charge is 0.214 e. The minimum Gasteiger partial charge on any atom is -0.387 e. The van der Waals surface area contributed by atoms with Crippen molar-refractivity contribution in [2.75, 3.05) is 41.7 Å². The van der Waals surface area contributed by atoms with Crippen molar-refractivity contribution in [3.05, 3.63) is 0 Å². The Bertz CT molecular complexity index is 961. The molecule has 322 valence electrons. The molecule has 12 heteroatoms. The summed E-state index contributed by atoms with van der Waals surface area (Å²) in [5.41, 5.74) is 0. The van der Waals surface area contributed by atoms with Gasteiger partial charge in [-0.3, -0.25) is 4.79 Å². The van der Waals surface area contributed by atoms with E-state index in [-0.39, 0.29) is 42.9 Å². The maximum atomic E-state index is 10.3. The van der Waals surface area contributed by atoms with Crippen molar-refractivity contribution in [2.45, 2.75) is 145 Å². The maximum Gasteiger partial charge on any atom is 0.214 e. The van der Waals surface area contributed by atoms with Crippen LogP contribution in [-0.4, -0.2) is 124 Å². The predicted octanol–water partition coefficient (Wildman–Crippen LogP) is 5.25. The van der Waals surface area contributed by atoms with E-state index in [0.29, 0.717) is 12.6 Å². The fourth-order valence-corrected chi connectivity index (χ4v) is 11.3. The Hall–Kier alpha value is -1.06. The largest absolute Gasteiger partial charge is 0.387 e. The maximum absolute atomic E-state index is 10.3. The number of methoxy groups -OCH3 is 4. The SMILES string of the molecule is C.C.C.C.CC1CC(C)C2CC1C1CC2C2CC1C1CC2C(C)CC1C.COCC(OC(C=O)OC)C(O)C=O.COCC1OC(OC)C(O)C(O)C1O. The van der Waals surface area contributed by atoms with E-state index in [2.05, 4.69) is 32.4 Å². The van der Waals surface area contributed by atoms with Crippen molar-refractivity contribution in [3.63, 3.8) is 0 Å². The molecule has 0 aromatic carbocycles. The van der Waals surface area contributed by atoms with Crippen LogP contribution >= 0.6 is 0 Å². The van der Waals surface area contributed by atoms with E-state index in [9.17, 15) is 24.9 Å². The Kier molecular flexibility index (Phi) is 23.5. The molecule has 20 atom stereocenters. The highest BCUT2D eigenvalue weighted by Gasteiger charge is 2.60. The third kappa shape index (κ3) is 11.5. The van der Waals surface area contributed by atoms with E-state index in [1.165, 1.54) is 28.4 Å². The molecule has 1 aliphatic heterocycles. The van der Waals surface area contributed by atoms with E-state index in [1.807, 2.05) is 0 Å². The van der Waals surface area contributed by atoms with Crippen LogP contribution in [0.1, 0.15) is 95.9 Å². The Morgan fingerprint density at radius 3 is 1.37 bits per heavy atom. The molecule has 6 fully saturated rings. The molecular weight excluding hydrogens is 696 g/mol. The van der Waals surface area contributed by atoms with Gasteiger partial charge >= 0.3 is 0 Å². The zero-order valence-electron chi connectivity index (χ0n) is 31.4. The van der Waals surface area contributed by atoms with Crippen molar-refractivity contribution < 1.29 is 58.4 Å². The molecule has 5 aliphatic carbocycles. The minimum atomic E-state index is -1.34. The minimum absolute atomic E-state index is 0. The van der Waals surface area contributed by atoms with Crippen molar-refractivity contribution in [3.8, 4) is 0 Å². The summed E-state index contributed by atoms with van der Waals surface area (Å²) in [5, 5.41) is 37.4. The summed E-state index contributed by atoms with van der Waals surface area (Å²) in [6.07, 6.45) is 1.65. The van der Waals surface area contributed by atoms with Crippen LogP contribution in [0.2, 0.25) is 0 Å². The Labute approximate surface area is 328 Å². The fraction of sp³-hybridized carbons (Fsp3) is 0.952. The number of fused-ring (bicyclic) bond motifs is 14. The van der Waals surface area contributed by atoms with E-state index < -0.39 is 49.2 Å². The number of rotatable bonds is 11. The van der Waals surface area contributed by atoms with Gasteiger partial charge in [0, 0.05) is 28.4 Å². The molecule has 1 saturated heterocycles. The summed E-state index contributed by atoms with van der Waals surface area (Å²) < 4.78 is 29.0. The first-order valence-corrected chi connectivity index (χ1v) is 18.8. The lowest BCUT2D eigenvalue weighted by atomic mass is 9.40. The van der Waals surface area contributed by atoms with E-state index in [0.717, 1.165) is 71.0 Å². The van der Waals surface area contributed by atoms with Crippen LogP contribution < -0.4 is 0 Å². The molecule has 0 aromatic rings. The predicted molar refractivity (Wildman–Crippen MR) is 210 cm³/mol. The number of aliphatic hydroxyl groups is 4.